The Bertz CT molecular complexity index is 598. The number of fused-ring (bicyclic) bond motifs is 1. The molecule has 0 saturated heterocycles. The number of ether oxygens (including phenoxy) is 1. The standard InChI is InChI=1S/C14H16Cl2N2O2/c1-4-20-14(19)12(7(2)3)13-17-10-5-8(15)9(16)6-11(10)18-13/h5-7,12H,4H2,1-3H3,(H,17,18). The van der Waals surface area contributed by atoms with Crippen molar-refractivity contribution in [2.75, 3.05) is 6.61 Å². The number of esters is 1. The van der Waals surface area contributed by atoms with Gasteiger partial charge in [0.1, 0.15) is 11.7 Å². The largest absolute Gasteiger partial charge is 0.465 e. The Hall–Kier alpha value is -1.26. The lowest BCUT2D eigenvalue weighted by molar-refractivity contribution is -0.146. The molecule has 6 heteroatoms. The van der Waals surface area contributed by atoms with Crippen molar-refractivity contribution in [3.05, 3.63) is 28.0 Å². The monoisotopic (exact) mass is 314 g/mol. The zero-order valence-corrected chi connectivity index (χ0v) is 13.0. The van der Waals surface area contributed by atoms with E-state index in [2.05, 4.69) is 9.97 Å². The van der Waals surface area contributed by atoms with Crippen molar-refractivity contribution >= 4 is 40.2 Å². The zero-order chi connectivity index (χ0) is 14.9. The Labute approximate surface area is 127 Å². The van der Waals surface area contributed by atoms with Gasteiger partial charge in [0.05, 0.1) is 27.7 Å². The predicted molar refractivity (Wildman–Crippen MR) is 80.3 cm³/mol. The van der Waals surface area contributed by atoms with Gasteiger partial charge in [0.25, 0.3) is 0 Å². The lowest BCUT2D eigenvalue weighted by atomic mass is 9.95. The summed E-state index contributed by atoms with van der Waals surface area (Å²) in [5.74, 6) is -0.0639. The second kappa shape index (κ2) is 6.02. The van der Waals surface area contributed by atoms with E-state index in [0.29, 0.717) is 28.0 Å². The molecule has 0 aliphatic carbocycles. The number of imidazole rings is 1. The van der Waals surface area contributed by atoms with Crippen LogP contribution in [0.25, 0.3) is 11.0 Å². The molecule has 1 unspecified atom stereocenters. The third kappa shape index (κ3) is 2.91. The van der Waals surface area contributed by atoms with E-state index in [0.717, 1.165) is 5.52 Å². The van der Waals surface area contributed by atoms with Gasteiger partial charge in [0, 0.05) is 0 Å². The summed E-state index contributed by atoms with van der Waals surface area (Å²) in [6.07, 6.45) is 0. The number of halogens is 2. The van der Waals surface area contributed by atoms with Crippen LogP contribution >= 0.6 is 23.2 Å². The molecule has 1 heterocycles. The first-order valence-electron chi connectivity index (χ1n) is 6.45. The van der Waals surface area contributed by atoms with Crippen molar-refractivity contribution in [1.29, 1.82) is 0 Å². The molecule has 2 rings (SSSR count). The number of rotatable bonds is 4. The van der Waals surface area contributed by atoms with Crippen molar-refractivity contribution in [1.82, 2.24) is 9.97 Å². The number of aromatic nitrogens is 2. The summed E-state index contributed by atoms with van der Waals surface area (Å²) < 4.78 is 5.11. The SMILES string of the molecule is CCOC(=O)C(c1nc2cc(Cl)c(Cl)cc2[nH]1)C(C)C. The van der Waals surface area contributed by atoms with Crippen LogP contribution < -0.4 is 0 Å². The summed E-state index contributed by atoms with van der Waals surface area (Å²) in [4.78, 5) is 19.6. The van der Waals surface area contributed by atoms with Crippen LogP contribution in [0, 0.1) is 5.92 Å². The van der Waals surface area contributed by atoms with Gasteiger partial charge in [0.15, 0.2) is 0 Å². The van der Waals surface area contributed by atoms with Crippen LogP contribution in [0.3, 0.4) is 0 Å². The van der Waals surface area contributed by atoms with Crippen molar-refractivity contribution in [2.45, 2.75) is 26.7 Å². The van der Waals surface area contributed by atoms with Crippen LogP contribution in [0.2, 0.25) is 10.0 Å². The molecule has 0 amide bonds. The minimum Gasteiger partial charge on any atom is -0.465 e. The van der Waals surface area contributed by atoms with Crippen molar-refractivity contribution in [3.63, 3.8) is 0 Å². The first kappa shape index (κ1) is 15.1. The van der Waals surface area contributed by atoms with E-state index in [1.807, 2.05) is 13.8 Å². The molecule has 0 spiro atoms. The molecular weight excluding hydrogens is 299 g/mol. The molecule has 4 nitrogen and oxygen atoms in total. The summed E-state index contributed by atoms with van der Waals surface area (Å²) in [5, 5.41) is 0.890. The predicted octanol–water partition coefficient (Wildman–Crippen LogP) is 4.17. The maximum atomic E-state index is 12.1. The smallest absolute Gasteiger partial charge is 0.316 e. The molecule has 108 valence electrons. The Morgan fingerprint density at radius 2 is 2.00 bits per heavy atom. The number of hydrogen-bond acceptors (Lipinski definition) is 3. The van der Waals surface area contributed by atoms with Crippen molar-refractivity contribution < 1.29 is 9.53 Å². The van der Waals surface area contributed by atoms with Crippen LogP contribution in [-0.4, -0.2) is 22.5 Å². The third-order valence-electron chi connectivity index (χ3n) is 3.04. The lowest BCUT2D eigenvalue weighted by Crippen LogP contribution is -2.22. The van der Waals surface area contributed by atoms with E-state index in [9.17, 15) is 4.79 Å². The van der Waals surface area contributed by atoms with Crippen LogP contribution in [-0.2, 0) is 9.53 Å². The van der Waals surface area contributed by atoms with E-state index in [-0.39, 0.29) is 11.9 Å². The molecule has 0 saturated carbocycles. The summed E-state index contributed by atoms with van der Waals surface area (Å²) in [5.41, 5.74) is 1.44. The van der Waals surface area contributed by atoms with Gasteiger partial charge in [-0.05, 0) is 25.0 Å². The van der Waals surface area contributed by atoms with Gasteiger partial charge in [-0.15, -0.1) is 0 Å². The Morgan fingerprint density at radius 1 is 1.35 bits per heavy atom. The number of aromatic amines is 1. The zero-order valence-electron chi connectivity index (χ0n) is 11.5. The fourth-order valence-electron chi connectivity index (χ4n) is 2.10. The summed E-state index contributed by atoms with van der Waals surface area (Å²) >= 11 is 12.0. The lowest BCUT2D eigenvalue weighted by Gasteiger charge is -2.16. The fourth-order valence-corrected chi connectivity index (χ4v) is 2.43. The number of nitrogens with zero attached hydrogens (tertiary/aromatic N) is 1. The number of carbonyl (C=O) groups excluding carboxylic acids is 1. The number of benzene rings is 1. The van der Waals surface area contributed by atoms with E-state index in [1.54, 1.807) is 19.1 Å². The highest BCUT2D eigenvalue weighted by Gasteiger charge is 2.28. The van der Waals surface area contributed by atoms with Crippen LogP contribution in [0.5, 0.6) is 0 Å². The second-order valence-corrected chi connectivity index (χ2v) is 5.69. The van der Waals surface area contributed by atoms with Crippen molar-refractivity contribution in [3.8, 4) is 0 Å². The molecule has 0 radical (unpaired) electrons. The first-order valence-corrected chi connectivity index (χ1v) is 7.21. The van der Waals surface area contributed by atoms with Gasteiger partial charge < -0.3 is 9.72 Å². The Balaban J connectivity index is 2.46. The minimum atomic E-state index is -0.431. The number of H-pyrrole nitrogens is 1. The van der Waals surface area contributed by atoms with E-state index in [4.69, 9.17) is 27.9 Å². The highest BCUT2D eigenvalue weighted by atomic mass is 35.5. The van der Waals surface area contributed by atoms with Crippen molar-refractivity contribution in [2.24, 2.45) is 5.92 Å². The van der Waals surface area contributed by atoms with Crippen LogP contribution in [0.4, 0.5) is 0 Å². The second-order valence-electron chi connectivity index (χ2n) is 4.88. The molecule has 0 bridgehead atoms. The molecule has 0 aliphatic heterocycles. The molecule has 1 atom stereocenters. The topological polar surface area (TPSA) is 55.0 Å². The van der Waals surface area contributed by atoms with E-state index in [1.165, 1.54) is 0 Å². The van der Waals surface area contributed by atoms with Gasteiger partial charge in [-0.1, -0.05) is 37.0 Å². The normalized spacial score (nSPS) is 12.9. The molecular formula is C14H16Cl2N2O2. The number of hydrogen-bond donors (Lipinski definition) is 1. The maximum absolute atomic E-state index is 12.1. The first-order chi connectivity index (χ1) is 9.43. The Kier molecular flexibility index (Phi) is 4.55. The van der Waals surface area contributed by atoms with Gasteiger partial charge in [-0.2, -0.15) is 0 Å². The van der Waals surface area contributed by atoms with Gasteiger partial charge in [-0.3, -0.25) is 4.79 Å². The molecule has 1 aromatic heterocycles. The molecule has 2 aromatic rings. The summed E-state index contributed by atoms with van der Waals surface area (Å²) in [6, 6.07) is 3.39. The molecule has 1 N–H and O–H groups in total. The average Bonchev–Trinajstić information content (AvgIpc) is 2.72. The summed E-state index contributed by atoms with van der Waals surface area (Å²) in [7, 11) is 0. The van der Waals surface area contributed by atoms with E-state index < -0.39 is 5.92 Å². The highest BCUT2D eigenvalue weighted by molar-refractivity contribution is 6.42. The van der Waals surface area contributed by atoms with Gasteiger partial charge in [0.2, 0.25) is 0 Å². The number of carbonyl (C=O) groups is 1. The Morgan fingerprint density at radius 3 is 2.60 bits per heavy atom. The van der Waals surface area contributed by atoms with Crippen LogP contribution in [0.1, 0.15) is 32.5 Å². The molecule has 0 fully saturated rings. The minimum absolute atomic E-state index is 0.0700. The summed E-state index contributed by atoms with van der Waals surface area (Å²) in [6.45, 7) is 6.04. The highest BCUT2D eigenvalue weighted by Crippen LogP contribution is 2.30. The molecule has 20 heavy (non-hydrogen) atoms. The molecule has 1 aromatic carbocycles. The van der Waals surface area contributed by atoms with Gasteiger partial charge in [-0.25, -0.2) is 4.98 Å². The van der Waals surface area contributed by atoms with Gasteiger partial charge >= 0.3 is 5.97 Å². The quantitative estimate of drug-likeness (QED) is 0.861. The van der Waals surface area contributed by atoms with E-state index >= 15 is 0 Å². The average molecular weight is 315 g/mol. The number of nitrogens with one attached hydrogen (secondary N) is 1. The third-order valence-corrected chi connectivity index (χ3v) is 3.77. The fraction of sp³-hybridized carbons (Fsp3) is 0.429. The molecule has 0 aliphatic rings. The maximum Gasteiger partial charge on any atom is 0.316 e. The van der Waals surface area contributed by atoms with Crippen LogP contribution in [0.15, 0.2) is 12.1 Å².